The van der Waals surface area contributed by atoms with Crippen LogP contribution in [0.25, 0.3) is 0 Å². The molecule has 0 atom stereocenters. The zero-order valence-electron chi connectivity index (χ0n) is 9.12. The molecule has 1 aromatic rings. The SMILES string of the molecule is NCC1(Nc2nc[nH]c(=O)c2N)CCCC1. The molecule has 1 aromatic heterocycles. The molecule has 0 aromatic carbocycles. The molecule has 0 unspecified atom stereocenters. The van der Waals surface area contributed by atoms with Crippen molar-refractivity contribution in [3.8, 4) is 0 Å². The molecule has 0 aliphatic heterocycles. The summed E-state index contributed by atoms with van der Waals surface area (Å²) < 4.78 is 0. The second kappa shape index (κ2) is 4.13. The Morgan fingerprint density at radius 1 is 1.50 bits per heavy atom. The van der Waals surface area contributed by atoms with Crippen molar-refractivity contribution in [2.24, 2.45) is 5.73 Å². The first-order chi connectivity index (χ1) is 7.67. The van der Waals surface area contributed by atoms with Crippen molar-refractivity contribution >= 4 is 11.5 Å². The molecule has 6 N–H and O–H groups in total. The summed E-state index contributed by atoms with van der Waals surface area (Å²) in [5.74, 6) is 0.441. The van der Waals surface area contributed by atoms with Gasteiger partial charge in [0.1, 0.15) is 5.69 Å². The van der Waals surface area contributed by atoms with Gasteiger partial charge in [-0.2, -0.15) is 0 Å². The third kappa shape index (κ3) is 1.88. The van der Waals surface area contributed by atoms with Gasteiger partial charge in [-0.3, -0.25) is 4.79 Å². The third-order valence-electron chi connectivity index (χ3n) is 3.22. The summed E-state index contributed by atoms with van der Waals surface area (Å²) in [5.41, 5.74) is 11.1. The van der Waals surface area contributed by atoms with Crippen LogP contribution in [0.15, 0.2) is 11.1 Å². The Bertz CT molecular complexity index is 421. The topological polar surface area (TPSA) is 110 Å². The number of nitrogens with two attached hydrogens (primary N) is 2. The van der Waals surface area contributed by atoms with Gasteiger partial charge in [0, 0.05) is 6.54 Å². The van der Waals surface area contributed by atoms with Crippen LogP contribution in [-0.2, 0) is 0 Å². The molecule has 1 aliphatic carbocycles. The molecule has 1 aliphatic rings. The molecule has 2 rings (SSSR count). The van der Waals surface area contributed by atoms with Gasteiger partial charge in [-0.15, -0.1) is 0 Å². The lowest BCUT2D eigenvalue weighted by Crippen LogP contribution is -2.43. The van der Waals surface area contributed by atoms with Crippen LogP contribution in [0.4, 0.5) is 11.5 Å². The molecule has 6 nitrogen and oxygen atoms in total. The quantitative estimate of drug-likeness (QED) is 0.578. The first kappa shape index (κ1) is 10.9. The highest BCUT2D eigenvalue weighted by Gasteiger charge is 2.33. The molecule has 1 saturated carbocycles. The van der Waals surface area contributed by atoms with Crippen LogP contribution in [0, 0.1) is 0 Å². The number of nitrogens with zero attached hydrogens (tertiary/aromatic N) is 1. The van der Waals surface area contributed by atoms with Crippen molar-refractivity contribution in [1.29, 1.82) is 0 Å². The van der Waals surface area contributed by atoms with Crippen LogP contribution >= 0.6 is 0 Å². The van der Waals surface area contributed by atoms with E-state index in [0.29, 0.717) is 12.4 Å². The lowest BCUT2D eigenvalue weighted by atomic mass is 9.98. The molecule has 6 heteroatoms. The Kier molecular flexibility index (Phi) is 2.82. The number of rotatable bonds is 3. The van der Waals surface area contributed by atoms with Crippen molar-refractivity contribution in [2.45, 2.75) is 31.2 Å². The Morgan fingerprint density at radius 2 is 2.19 bits per heavy atom. The van der Waals surface area contributed by atoms with E-state index in [1.165, 1.54) is 6.33 Å². The van der Waals surface area contributed by atoms with E-state index in [9.17, 15) is 4.79 Å². The minimum atomic E-state index is -0.317. The van der Waals surface area contributed by atoms with Crippen LogP contribution in [0.2, 0.25) is 0 Å². The summed E-state index contributed by atoms with van der Waals surface area (Å²) in [6, 6.07) is 0. The Hall–Kier alpha value is -1.56. The maximum Gasteiger partial charge on any atom is 0.276 e. The zero-order valence-corrected chi connectivity index (χ0v) is 9.12. The summed E-state index contributed by atoms with van der Waals surface area (Å²) in [6.07, 6.45) is 5.63. The van der Waals surface area contributed by atoms with E-state index in [1.807, 2.05) is 0 Å². The third-order valence-corrected chi connectivity index (χ3v) is 3.22. The molecule has 1 heterocycles. The van der Waals surface area contributed by atoms with Crippen molar-refractivity contribution in [2.75, 3.05) is 17.6 Å². The fourth-order valence-electron chi connectivity index (χ4n) is 2.19. The van der Waals surface area contributed by atoms with Gasteiger partial charge >= 0.3 is 0 Å². The second-order valence-electron chi connectivity index (χ2n) is 4.31. The molecule has 0 radical (unpaired) electrons. The second-order valence-corrected chi connectivity index (χ2v) is 4.31. The lowest BCUT2D eigenvalue weighted by molar-refractivity contribution is 0.491. The Balaban J connectivity index is 2.26. The number of anilines is 2. The molecular formula is C10H17N5O. The number of hydrogen-bond acceptors (Lipinski definition) is 5. The number of hydrogen-bond donors (Lipinski definition) is 4. The van der Waals surface area contributed by atoms with Crippen LogP contribution < -0.4 is 22.3 Å². The molecule has 1 fully saturated rings. The Morgan fingerprint density at radius 3 is 2.81 bits per heavy atom. The minimum absolute atomic E-state index is 0.127. The van der Waals surface area contributed by atoms with E-state index >= 15 is 0 Å². The zero-order chi connectivity index (χ0) is 11.6. The average molecular weight is 223 g/mol. The number of nitrogens with one attached hydrogen (secondary N) is 2. The van der Waals surface area contributed by atoms with E-state index < -0.39 is 0 Å². The molecule has 0 amide bonds. The fraction of sp³-hybridized carbons (Fsp3) is 0.600. The largest absolute Gasteiger partial charge is 0.391 e. The van der Waals surface area contributed by atoms with Gasteiger partial charge in [0.15, 0.2) is 5.82 Å². The van der Waals surface area contributed by atoms with Gasteiger partial charge in [-0.05, 0) is 12.8 Å². The molecule has 88 valence electrons. The first-order valence-corrected chi connectivity index (χ1v) is 5.48. The number of aromatic amines is 1. The maximum atomic E-state index is 11.3. The molecule has 0 saturated heterocycles. The van der Waals surface area contributed by atoms with E-state index in [-0.39, 0.29) is 16.8 Å². The molecule has 0 bridgehead atoms. The highest BCUT2D eigenvalue weighted by molar-refractivity contribution is 5.60. The normalized spacial score (nSPS) is 18.6. The monoisotopic (exact) mass is 223 g/mol. The fourth-order valence-corrected chi connectivity index (χ4v) is 2.19. The summed E-state index contributed by atoms with van der Waals surface area (Å²) >= 11 is 0. The summed E-state index contributed by atoms with van der Waals surface area (Å²) in [7, 11) is 0. The van der Waals surface area contributed by atoms with E-state index in [2.05, 4.69) is 15.3 Å². The van der Waals surface area contributed by atoms with Gasteiger partial charge in [-0.1, -0.05) is 12.8 Å². The van der Waals surface area contributed by atoms with Gasteiger partial charge < -0.3 is 21.8 Å². The van der Waals surface area contributed by atoms with E-state index in [0.717, 1.165) is 25.7 Å². The standard InChI is InChI=1S/C10H17N5O/c11-5-10(3-1-2-4-10)15-8-7(12)9(16)14-6-13-8/h6H,1-5,11-12H2,(H2,13,14,15,16). The predicted octanol–water partition coefficient (Wildman–Crippen LogP) is 0.0355. The average Bonchev–Trinajstić information content (AvgIpc) is 2.74. The van der Waals surface area contributed by atoms with Crippen LogP contribution in [-0.4, -0.2) is 22.1 Å². The van der Waals surface area contributed by atoms with Crippen molar-refractivity contribution < 1.29 is 0 Å². The van der Waals surface area contributed by atoms with Gasteiger partial charge in [-0.25, -0.2) is 4.98 Å². The van der Waals surface area contributed by atoms with Crippen molar-refractivity contribution in [1.82, 2.24) is 9.97 Å². The van der Waals surface area contributed by atoms with Gasteiger partial charge in [0.2, 0.25) is 0 Å². The van der Waals surface area contributed by atoms with Crippen LogP contribution in [0.1, 0.15) is 25.7 Å². The highest BCUT2D eigenvalue weighted by Crippen LogP contribution is 2.32. The van der Waals surface area contributed by atoms with Gasteiger partial charge in [0.05, 0.1) is 11.9 Å². The summed E-state index contributed by atoms with van der Waals surface area (Å²) in [5, 5.41) is 3.23. The van der Waals surface area contributed by atoms with Crippen LogP contribution in [0.5, 0.6) is 0 Å². The van der Waals surface area contributed by atoms with Crippen molar-refractivity contribution in [3.05, 3.63) is 16.7 Å². The van der Waals surface area contributed by atoms with Gasteiger partial charge in [0.25, 0.3) is 5.56 Å². The number of nitrogen functional groups attached to an aromatic ring is 1. The first-order valence-electron chi connectivity index (χ1n) is 5.48. The molecule has 16 heavy (non-hydrogen) atoms. The van der Waals surface area contributed by atoms with Crippen LogP contribution in [0.3, 0.4) is 0 Å². The van der Waals surface area contributed by atoms with E-state index in [1.54, 1.807) is 0 Å². The van der Waals surface area contributed by atoms with Crippen molar-refractivity contribution in [3.63, 3.8) is 0 Å². The molecule has 0 spiro atoms. The summed E-state index contributed by atoms with van der Waals surface area (Å²) in [6.45, 7) is 0.529. The number of aromatic nitrogens is 2. The predicted molar refractivity (Wildman–Crippen MR) is 63.1 cm³/mol. The summed E-state index contributed by atoms with van der Waals surface area (Å²) in [4.78, 5) is 17.8. The lowest BCUT2D eigenvalue weighted by Gasteiger charge is -2.29. The maximum absolute atomic E-state index is 11.3. The molecular weight excluding hydrogens is 206 g/mol. The highest BCUT2D eigenvalue weighted by atomic mass is 16.1. The van der Waals surface area contributed by atoms with E-state index in [4.69, 9.17) is 11.5 Å². The Labute approximate surface area is 93.4 Å². The smallest absolute Gasteiger partial charge is 0.276 e. The number of H-pyrrole nitrogens is 1. The minimum Gasteiger partial charge on any atom is -0.391 e.